The molecule has 2 amide bonds. The fourth-order valence-corrected chi connectivity index (χ4v) is 5.29. The molecule has 0 bridgehead atoms. The highest BCUT2D eigenvalue weighted by Gasteiger charge is 2.21. The van der Waals surface area contributed by atoms with Gasteiger partial charge in [0.25, 0.3) is 0 Å². The summed E-state index contributed by atoms with van der Waals surface area (Å²) in [6.45, 7) is 1.91. The summed E-state index contributed by atoms with van der Waals surface area (Å²) >= 11 is 14.1. The molecule has 3 aromatic heterocycles. The van der Waals surface area contributed by atoms with Crippen LogP contribution in [0.15, 0.2) is 66.3 Å². The SMILES string of the molecule is COC(=O)Nc1ccc(-c2cc([C@H](Cc3nc(C)cs3)NC(=O)C=Cc3cc(Cl)ccc3-n3cnnn3)nnc2Cl)cc1. The molecule has 0 spiro atoms. The molecule has 0 aliphatic rings. The molecule has 5 rings (SSSR count). The number of carbonyl (C=O) groups excluding carboxylic acids is 2. The van der Waals surface area contributed by atoms with Gasteiger partial charge in [0.15, 0.2) is 5.15 Å². The molecule has 0 fully saturated rings. The lowest BCUT2D eigenvalue weighted by Gasteiger charge is -2.17. The van der Waals surface area contributed by atoms with Crippen LogP contribution in [0, 0.1) is 6.92 Å². The Morgan fingerprint density at radius 1 is 1.12 bits per heavy atom. The van der Waals surface area contributed by atoms with Gasteiger partial charge in [0.2, 0.25) is 5.91 Å². The first kappa shape index (κ1) is 29.8. The molecule has 12 nitrogen and oxygen atoms in total. The molecule has 2 aromatic carbocycles. The third-order valence-corrected chi connectivity index (χ3v) is 7.62. The fraction of sp³-hybridized carbons (Fsp3) is 0.143. The number of tetrazole rings is 1. The second-order valence-corrected chi connectivity index (χ2v) is 10.8. The van der Waals surface area contributed by atoms with E-state index in [4.69, 9.17) is 23.2 Å². The zero-order chi connectivity index (χ0) is 30.3. The van der Waals surface area contributed by atoms with Crippen LogP contribution in [0.3, 0.4) is 0 Å². The van der Waals surface area contributed by atoms with Crippen LogP contribution in [0.2, 0.25) is 10.2 Å². The van der Waals surface area contributed by atoms with Gasteiger partial charge in [0.1, 0.15) is 6.33 Å². The van der Waals surface area contributed by atoms with Crippen molar-refractivity contribution < 1.29 is 14.3 Å². The third kappa shape index (κ3) is 7.57. The molecule has 0 saturated heterocycles. The van der Waals surface area contributed by atoms with Crippen LogP contribution in [0.4, 0.5) is 10.5 Å². The number of carbonyl (C=O) groups is 2. The molecule has 1 atom stereocenters. The number of benzene rings is 2. The van der Waals surface area contributed by atoms with Crippen LogP contribution in [0.1, 0.15) is 28.0 Å². The largest absolute Gasteiger partial charge is 0.453 e. The van der Waals surface area contributed by atoms with Gasteiger partial charge < -0.3 is 10.1 Å². The predicted molar refractivity (Wildman–Crippen MR) is 163 cm³/mol. The molecule has 15 heteroatoms. The zero-order valence-corrected chi connectivity index (χ0v) is 25.1. The van der Waals surface area contributed by atoms with Gasteiger partial charge in [-0.1, -0.05) is 35.3 Å². The van der Waals surface area contributed by atoms with E-state index in [9.17, 15) is 9.59 Å². The van der Waals surface area contributed by atoms with Crippen molar-refractivity contribution in [1.29, 1.82) is 0 Å². The van der Waals surface area contributed by atoms with Crippen molar-refractivity contribution in [2.75, 3.05) is 12.4 Å². The van der Waals surface area contributed by atoms with Crippen molar-refractivity contribution in [3.05, 3.63) is 98.4 Å². The van der Waals surface area contributed by atoms with Gasteiger partial charge in [-0.25, -0.2) is 9.78 Å². The maximum absolute atomic E-state index is 13.2. The Kier molecular flexibility index (Phi) is 9.35. The number of anilines is 1. The average Bonchev–Trinajstić information content (AvgIpc) is 3.68. The normalized spacial score (nSPS) is 11.8. The Balaban J connectivity index is 1.42. The number of rotatable bonds is 9. The molecule has 0 aliphatic carbocycles. The molecule has 43 heavy (non-hydrogen) atoms. The number of hydrogen-bond acceptors (Lipinski definition) is 10. The summed E-state index contributed by atoms with van der Waals surface area (Å²) in [6.07, 6.45) is 4.28. The van der Waals surface area contributed by atoms with Gasteiger partial charge in [0.05, 0.1) is 29.5 Å². The molecule has 0 aliphatic heterocycles. The van der Waals surface area contributed by atoms with Gasteiger partial charge in [-0.2, -0.15) is 9.78 Å². The molecular formula is C28H23Cl2N9O3S. The van der Waals surface area contributed by atoms with Gasteiger partial charge in [0, 0.05) is 45.4 Å². The second-order valence-electron chi connectivity index (χ2n) is 9.11. The average molecular weight is 637 g/mol. The minimum absolute atomic E-state index is 0.184. The summed E-state index contributed by atoms with van der Waals surface area (Å²) < 4.78 is 6.11. The van der Waals surface area contributed by atoms with Crippen molar-refractivity contribution in [3.63, 3.8) is 0 Å². The summed E-state index contributed by atoms with van der Waals surface area (Å²) in [6, 6.07) is 13.4. The Morgan fingerprint density at radius 3 is 2.63 bits per heavy atom. The number of ether oxygens (including phenoxy) is 1. The van der Waals surface area contributed by atoms with Gasteiger partial charge in [-0.3, -0.25) is 10.1 Å². The Labute approximate surface area is 259 Å². The van der Waals surface area contributed by atoms with E-state index in [-0.39, 0.29) is 11.1 Å². The first-order valence-electron chi connectivity index (χ1n) is 12.7. The van der Waals surface area contributed by atoms with Crippen molar-refractivity contribution in [1.82, 2.24) is 40.7 Å². The summed E-state index contributed by atoms with van der Waals surface area (Å²) in [5, 5.41) is 28.8. The number of amides is 2. The maximum Gasteiger partial charge on any atom is 0.411 e. The third-order valence-electron chi connectivity index (χ3n) is 6.11. The van der Waals surface area contributed by atoms with Crippen LogP contribution in [-0.2, 0) is 16.0 Å². The first-order chi connectivity index (χ1) is 20.8. The number of aromatic nitrogens is 7. The summed E-state index contributed by atoms with van der Waals surface area (Å²) in [5.41, 5.74) is 4.55. The smallest absolute Gasteiger partial charge is 0.411 e. The lowest BCUT2D eigenvalue weighted by Crippen LogP contribution is -2.29. The van der Waals surface area contributed by atoms with Crippen LogP contribution >= 0.6 is 34.5 Å². The standard InChI is InChI=1S/C28H23Cl2N9O3S/c1-16-14-43-26(32-16)13-22(34-25(40)10-5-18-11-19(29)6-9-24(18)39-15-31-37-38-39)23-12-21(27(30)36-35-23)17-3-7-20(8-4-17)33-28(41)42-2/h3-12,14-15,22H,13H2,1-2H3,(H,33,41)(H,34,40)/t22-/m0/s1. The number of methoxy groups -OCH3 is 1. The molecule has 0 saturated carbocycles. The molecule has 0 unspecified atom stereocenters. The molecule has 2 N–H and O–H groups in total. The zero-order valence-electron chi connectivity index (χ0n) is 22.7. The quantitative estimate of drug-likeness (QED) is 0.201. The van der Waals surface area contributed by atoms with Gasteiger partial charge in [-0.05, 0) is 65.4 Å². The molecule has 218 valence electrons. The van der Waals surface area contributed by atoms with Crippen LogP contribution in [-0.4, -0.2) is 54.5 Å². The van der Waals surface area contributed by atoms with Crippen molar-refractivity contribution in [2.45, 2.75) is 19.4 Å². The minimum Gasteiger partial charge on any atom is -0.453 e. The molecule has 0 radical (unpaired) electrons. The number of halogens is 2. The van der Waals surface area contributed by atoms with E-state index >= 15 is 0 Å². The number of aryl methyl sites for hydroxylation is 1. The first-order valence-corrected chi connectivity index (χ1v) is 14.3. The topological polar surface area (TPSA) is 150 Å². The summed E-state index contributed by atoms with van der Waals surface area (Å²) in [7, 11) is 1.29. The van der Waals surface area contributed by atoms with Crippen LogP contribution in [0.5, 0.6) is 0 Å². The van der Waals surface area contributed by atoms with Crippen molar-refractivity contribution in [3.8, 4) is 16.8 Å². The number of nitrogens with one attached hydrogen (secondary N) is 2. The van der Waals surface area contributed by atoms with Crippen molar-refractivity contribution in [2.24, 2.45) is 0 Å². The highest BCUT2D eigenvalue weighted by molar-refractivity contribution is 7.09. The fourth-order valence-electron chi connectivity index (χ4n) is 4.09. The maximum atomic E-state index is 13.2. The van der Waals surface area contributed by atoms with E-state index in [0.717, 1.165) is 16.3 Å². The Morgan fingerprint density at radius 2 is 1.93 bits per heavy atom. The monoisotopic (exact) mass is 635 g/mol. The summed E-state index contributed by atoms with van der Waals surface area (Å²) in [4.78, 5) is 29.3. The Bertz CT molecular complexity index is 1780. The lowest BCUT2D eigenvalue weighted by atomic mass is 10.0. The van der Waals surface area contributed by atoms with E-state index in [0.29, 0.717) is 39.6 Å². The number of thiazole rings is 1. The van der Waals surface area contributed by atoms with Gasteiger partial charge in [-0.15, -0.1) is 21.5 Å². The predicted octanol–water partition coefficient (Wildman–Crippen LogP) is 5.48. The van der Waals surface area contributed by atoms with E-state index in [1.165, 1.54) is 35.5 Å². The minimum atomic E-state index is -0.579. The van der Waals surface area contributed by atoms with Crippen molar-refractivity contribution >= 4 is 58.3 Å². The van der Waals surface area contributed by atoms with Crippen LogP contribution in [0.25, 0.3) is 22.9 Å². The lowest BCUT2D eigenvalue weighted by molar-refractivity contribution is -0.117. The summed E-state index contributed by atoms with van der Waals surface area (Å²) in [5.74, 6) is -0.377. The Hall–Kier alpha value is -4.72. The molecular weight excluding hydrogens is 613 g/mol. The second kappa shape index (κ2) is 13.5. The highest BCUT2D eigenvalue weighted by Crippen LogP contribution is 2.30. The van der Waals surface area contributed by atoms with E-state index in [1.807, 2.05) is 12.3 Å². The van der Waals surface area contributed by atoms with Crippen LogP contribution < -0.4 is 10.6 Å². The number of nitrogens with zero attached hydrogens (tertiary/aromatic N) is 7. The van der Waals surface area contributed by atoms with E-state index in [1.54, 1.807) is 54.6 Å². The molecule has 5 aromatic rings. The number of hydrogen-bond donors (Lipinski definition) is 2. The van der Waals surface area contributed by atoms with E-state index in [2.05, 4.69) is 46.1 Å². The van der Waals surface area contributed by atoms with E-state index < -0.39 is 12.1 Å². The highest BCUT2D eigenvalue weighted by atomic mass is 35.5. The molecule has 3 heterocycles. The van der Waals surface area contributed by atoms with Gasteiger partial charge >= 0.3 is 6.09 Å².